The Morgan fingerprint density at radius 3 is 2.03 bits per heavy atom. The number of sulfone groups is 1. The molecule has 0 radical (unpaired) electrons. The van der Waals surface area contributed by atoms with Crippen LogP contribution in [-0.4, -0.2) is 24.2 Å². The molecule has 0 saturated carbocycles. The molecule has 0 bridgehead atoms. The van der Waals surface area contributed by atoms with Crippen molar-refractivity contribution in [2.45, 2.75) is 23.6 Å². The number of nitrogens with zero attached hydrogens (tertiary/aromatic N) is 2. The summed E-state index contributed by atoms with van der Waals surface area (Å²) in [4.78, 5) is 12.8. The van der Waals surface area contributed by atoms with Gasteiger partial charge in [-0.25, -0.2) is 13.2 Å². The summed E-state index contributed by atoms with van der Waals surface area (Å²) >= 11 is 0. The molecule has 0 spiro atoms. The van der Waals surface area contributed by atoms with Crippen molar-refractivity contribution in [3.05, 3.63) is 102 Å². The van der Waals surface area contributed by atoms with Gasteiger partial charge < -0.3 is 4.74 Å². The van der Waals surface area contributed by atoms with Gasteiger partial charge in [0.2, 0.25) is 15.7 Å². The zero-order valence-corrected chi connectivity index (χ0v) is 17.8. The van der Waals surface area contributed by atoms with Crippen LogP contribution in [0.3, 0.4) is 0 Å². The molecule has 0 unspecified atom stereocenters. The molecule has 3 aromatic carbocycles. The summed E-state index contributed by atoms with van der Waals surface area (Å²) in [6, 6.07) is 23.9. The van der Waals surface area contributed by atoms with E-state index in [9.17, 15) is 13.2 Å². The summed E-state index contributed by atoms with van der Waals surface area (Å²) in [5.74, 6) is -0.809. The summed E-state index contributed by atoms with van der Waals surface area (Å²) in [5.41, 5.74) is 2.05. The predicted octanol–water partition coefficient (Wildman–Crippen LogP) is 4.54. The normalized spacial score (nSPS) is 11.3. The van der Waals surface area contributed by atoms with Gasteiger partial charge in [-0.2, -0.15) is 9.78 Å². The lowest BCUT2D eigenvalue weighted by atomic mass is 10.2. The molecule has 0 aliphatic rings. The second-order valence-corrected chi connectivity index (χ2v) is 8.93. The molecule has 0 aliphatic heterocycles. The quantitative estimate of drug-likeness (QED) is 0.433. The average Bonchev–Trinajstić information content (AvgIpc) is 3.11. The fourth-order valence-electron chi connectivity index (χ4n) is 3.19. The number of hydrogen-bond acceptors (Lipinski definition) is 5. The molecule has 6 nitrogen and oxygen atoms in total. The van der Waals surface area contributed by atoms with Crippen LogP contribution in [0.2, 0.25) is 0 Å². The SMILES string of the molecule is Cc1ccc(S(=O)(=O)c2c(C)nn(-c3ccccc3)c2OC(=O)c2ccccc2)cc1. The maximum atomic E-state index is 13.5. The van der Waals surface area contributed by atoms with Gasteiger partial charge in [0, 0.05) is 0 Å². The van der Waals surface area contributed by atoms with Gasteiger partial charge in [0.1, 0.15) is 0 Å². The number of hydrogen-bond donors (Lipinski definition) is 0. The number of ether oxygens (including phenoxy) is 1. The molecule has 0 aliphatic carbocycles. The molecule has 1 aromatic heterocycles. The Morgan fingerprint density at radius 2 is 1.42 bits per heavy atom. The van der Waals surface area contributed by atoms with E-state index in [4.69, 9.17) is 4.74 Å². The molecular weight excluding hydrogens is 412 g/mol. The molecule has 4 aromatic rings. The minimum Gasteiger partial charge on any atom is -0.402 e. The Labute approximate surface area is 180 Å². The average molecular weight is 433 g/mol. The Kier molecular flexibility index (Phi) is 5.44. The Morgan fingerprint density at radius 1 is 0.839 bits per heavy atom. The largest absolute Gasteiger partial charge is 0.402 e. The third-order valence-corrected chi connectivity index (χ3v) is 6.67. The third-order valence-electron chi connectivity index (χ3n) is 4.76. The highest BCUT2D eigenvalue weighted by molar-refractivity contribution is 7.91. The van der Waals surface area contributed by atoms with Crippen molar-refractivity contribution in [2.24, 2.45) is 0 Å². The molecule has 0 fully saturated rings. The molecule has 0 atom stereocenters. The number of carbonyl (C=O) groups is 1. The molecule has 156 valence electrons. The van der Waals surface area contributed by atoms with E-state index in [2.05, 4.69) is 5.10 Å². The number of benzene rings is 3. The van der Waals surface area contributed by atoms with Gasteiger partial charge >= 0.3 is 5.97 Å². The molecule has 0 N–H and O–H groups in total. The lowest BCUT2D eigenvalue weighted by Crippen LogP contribution is -2.14. The van der Waals surface area contributed by atoms with Gasteiger partial charge in [-0.1, -0.05) is 54.1 Å². The van der Waals surface area contributed by atoms with Crippen LogP contribution in [-0.2, 0) is 9.84 Å². The number of esters is 1. The minimum absolute atomic E-state index is 0.103. The highest BCUT2D eigenvalue weighted by Crippen LogP contribution is 2.35. The van der Waals surface area contributed by atoms with Gasteiger partial charge in [0.05, 0.1) is 21.8 Å². The highest BCUT2D eigenvalue weighted by atomic mass is 32.2. The molecule has 1 heterocycles. The fourth-order valence-corrected chi connectivity index (χ4v) is 4.71. The molecule has 0 saturated heterocycles. The lowest BCUT2D eigenvalue weighted by molar-refractivity contribution is 0.0718. The number of aromatic nitrogens is 2. The summed E-state index contributed by atoms with van der Waals surface area (Å²) in [7, 11) is -3.99. The van der Waals surface area contributed by atoms with Crippen LogP contribution in [0, 0.1) is 13.8 Å². The van der Waals surface area contributed by atoms with E-state index >= 15 is 0 Å². The van der Waals surface area contributed by atoms with Crippen LogP contribution in [0.15, 0.2) is 94.7 Å². The number of para-hydroxylation sites is 1. The molecular formula is C24H20N2O4S. The van der Waals surface area contributed by atoms with Gasteiger partial charge in [0.25, 0.3) is 0 Å². The maximum absolute atomic E-state index is 13.5. The van der Waals surface area contributed by atoms with Crippen LogP contribution in [0.4, 0.5) is 0 Å². The maximum Gasteiger partial charge on any atom is 0.344 e. The van der Waals surface area contributed by atoms with Crippen LogP contribution in [0.1, 0.15) is 21.6 Å². The van der Waals surface area contributed by atoms with E-state index in [1.54, 1.807) is 73.7 Å². The van der Waals surface area contributed by atoms with Crippen molar-refractivity contribution >= 4 is 15.8 Å². The van der Waals surface area contributed by atoms with E-state index in [-0.39, 0.29) is 21.4 Å². The van der Waals surface area contributed by atoms with Crippen molar-refractivity contribution in [2.75, 3.05) is 0 Å². The topological polar surface area (TPSA) is 78.3 Å². The number of rotatable bonds is 5. The summed E-state index contributed by atoms with van der Waals surface area (Å²) in [6.45, 7) is 3.46. The third kappa shape index (κ3) is 4.00. The fraction of sp³-hybridized carbons (Fsp3) is 0.0833. The van der Waals surface area contributed by atoms with Crippen molar-refractivity contribution in [1.29, 1.82) is 0 Å². The first-order chi connectivity index (χ1) is 14.9. The molecule has 7 heteroatoms. The van der Waals surface area contributed by atoms with Crippen molar-refractivity contribution in [3.63, 3.8) is 0 Å². The second kappa shape index (κ2) is 8.20. The van der Waals surface area contributed by atoms with Crippen LogP contribution >= 0.6 is 0 Å². The van der Waals surface area contributed by atoms with Gasteiger partial charge in [-0.05, 0) is 50.2 Å². The van der Waals surface area contributed by atoms with Crippen LogP contribution in [0.25, 0.3) is 5.69 Å². The molecule has 31 heavy (non-hydrogen) atoms. The first-order valence-corrected chi connectivity index (χ1v) is 11.1. The predicted molar refractivity (Wildman–Crippen MR) is 116 cm³/mol. The summed E-state index contributed by atoms with van der Waals surface area (Å²) in [5, 5.41) is 4.40. The monoisotopic (exact) mass is 432 g/mol. The van der Waals surface area contributed by atoms with Crippen molar-refractivity contribution in [3.8, 4) is 11.6 Å². The van der Waals surface area contributed by atoms with E-state index in [0.29, 0.717) is 11.3 Å². The lowest BCUT2D eigenvalue weighted by Gasteiger charge is -2.11. The van der Waals surface area contributed by atoms with Gasteiger partial charge in [-0.15, -0.1) is 0 Å². The zero-order valence-electron chi connectivity index (χ0n) is 17.0. The Hall–Kier alpha value is -3.71. The van der Waals surface area contributed by atoms with E-state index in [1.807, 2.05) is 13.0 Å². The van der Waals surface area contributed by atoms with Gasteiger partial charge in [0.15, 0.2) is 4.90 Å². The van der Waals surface area contributed by atoms with E-state index in [0.717, 1.165) is 5.56 Å². The smallest absolute Gasteiger partial charge is 0.344 e. The standard InChI is InChI=1S/C24H20N2O4S/c1-17-13-15-21(16-14-17)31(28,29)22-18(2)25-26(20-11-7-4-8-12-20)23(22)30-24(27)19-9-5-3-6-10-19/h3-16H,1-2H3. The van der Waals surface area contributed by atoms with Crippen LogP contribution in [0.5, 0.6) is 5.88 Å². The first kappa shape index (κ1) is 20.6. The van der Waals surface area contributed by atoms with Crippen molar-refractivity contribution < 1.29 is 17.9 Å². The minimum atomic E-state index is -3.99. The number of aryl methyl sites for hydroxylation is 2. The van der Waals surface area contributed by atoms with E-state index in [1.165, 1.54) is 16.8 Å². The first-order valence-electron chi connectivity index (χ1n) is 9.62. The van der Waals surface area contributed by atoms with Gasteiger partial charge in [-0.3, -0.25) is 0 Å². The summed E-state index contributed by atoms with van der Waals surface area (Å²) in [6.07, 6.45) is 0. The van der Waals surface area contributed by atoms with Crippen molar-refractivity contribution in [1.82, 2.24) is 9.78 Å². The zero-order chi connectivity index (χ0) is 22.0. The summed E-state index contributed by atoms with van der Waals surface area (Å²) < 4.78 is 34.0. The number of carbonyl (C=O) groups excluding carboxylic acids is 1. The molecule has 4 rings (SSSR count). The second-order valence-electron chi connectivity index (χ2n) is 7.04. The Balaban J connectivity index is 1.90. The Bertz CT molecular complexity index is 1330. The van der Waals surface area contributed by atoms with Crippen LogP contribution < -0.4 is 4.74 Å². The highest BCUT2D eigenvalue weighted by Gasteiger charge is 2.32. The van der Waals surface area contributed by atoms with E-state index < -0.39 is 15.8 Å². The molecule has 0 amide bonds.